The predicted octanol–water partition coefficient (Wildman–Crippen LogP) is 7.36. The number of amides is 1. The van der Waals surface area contributed by atoms with Crippen molar-refractivity contribution in [2.75, 3.05) is 13.2 Å². The Kier molecular flexibility index (Phi) is 8.99. The number of benzene rings is 2. The van der Waals surface area contributed by atoms with Crippen molar-refractivity contribution in [2.24, 2.45) is 5.92 Å². The zero-order valence-corrected chi connectivity index (χ0v) is 22.8. The molecule has 1 fully saturated rings. The van der Waals surface area contributed by atoms with Gasteiger partial charge in [-0.25, -0.2) is 4.68 Å². The summed E-state index contributed by atoms with van der Waals surface area (Å²) in [5, 5.41) is 4.89. The Morgan fingerprint density at radius 2 is 1.83 bits per heavy atom. The van der Waals surface area contributed by atoms with Gasteiger partial charge in [-0.2, -0.15) is 5.10 Å². The number of thioether (sulfide) groups is 1. The molecule has 0 N–H and O–H groups in total. The Balaban J connectivity index is 1.67. The molecule has 1 amide bonds. The summed E-state index contributed by atoms with van der Waals surface area (Å²) >= 11 is 7.01. The van der Waals surface area contributed by atoms with E-state index < -0.39 is 0 Å². The lowest BCUT2D eigenvalue weighted by molar-refractivity contribution is -0.122. The van der Waals surface area contributed by atoms with Crippen LogP contribution in [0.2, 0.25) is 0 Å². The van der Waals surface area contributed by atoms with E-state index in [9.17, 15) is 4.79 Å². The summed E-state index contributed by atoms with van der Waals surface area (Å²) in [6.45, 7) is 7.66. The van der Waals surface area contributed by atoms with Gasteiger partial charge in [0, 0.05) is 23.9 Å². The van der Waals surface area contributed by atoms with Crippen molar-refractivity contribution >= 4 is 40.3 Å². The van der Waals surface area contributed by atoms with Crippen LogP contribution in [0.1, 0.15) is 52.0 Å². The Labute approximate surface area is 223 Å². The van der Waals surface area contributed by atoms with Crippen molar-refractivity contribution < 1.29 is 9.53 Å². The monoisotopic (exact) mass is 519 g/mol. The molecule has 7 heteroatoms. The number of hydrogen-bond acceptors (Lipinski definition) is 5. The summed E-state index contributed by atoms with van der Waals surface area (Å²) in [6.07, 6.45) is 8.41. The lowest BCUT2D eigenvalue weighted by Gasteiger charge is -2.21. The number of unbranched alkanes of at least 4 members (excludes halogenated alkanes) is 1. The second kappa shape index (κ2) is 12.4. The second-order valence-electron chi connectivity index (χ2n) is 8.88. The summed E-state index contributed by atoms with van der Waals surface area (Å²) in [7, 11) is 0. The minimum Gasteiger partial charge on any atom is -0.494 e. The summed E-state index contributed by atoms with van der Waals surface area (Å²) in [4.78, 5) is 15.8. The predicted molar refractivity (Wildman–Crippen MR) is 153 cm³/mol. The fourth-order valence-corrected chi connectivity index (χ4v) is 5.55. The minimum absolute atomic E-state index is 0.00921. The van der Waals surface area contributed by atoms with E-state index in [0.717, 1.165) is 47.5 Å². The van der Waals surface area contributed by atoms with Crippen LogP contribution in [-0.4, -0.2) is 38.1 Å². The smallest absolute Gasteiger partial charge is 0.266 e. The fraction of sp³-hybridized carbons (Fsp3) is 0.345. The molecule has 0 bridgehead atoms. The Hall–Kier alpha value is -2.90. The van der Waals surface area contributed by atoms with Crippen molar-refractivity contribution in [3.8, 4) is 22.7 Å². The van der Waals surface area contributed by atoms with Crippen molar-refractivity contribution in [1.82, 2.24) is 14.7 Å². The molecule has 3 aromatic rings. The highest BCUT2D eigenvalue weighted by molar-refractivity contribution is 8.26. The number of ether oxygens (including phenoxy) is 1. The molecule has 36 heavy (non-hydrogen) atoms. The largest absolute Gasteiger partial charge is 0.494 e. The van der Waals surface area contributed by atoms with Gasteiger partial charge in [0.1, 0.15) is 10.1 Å². The molecule has 1 aromatic heterocycles. The summed E-state index contributed by atoms with van der Waals surface area (Å²) in [5.41, 5.74) is 3.60. The Morgan fingerprint density at radius 3 is 2.50 bits per heavy atom. The van der Waals surface area contributed by atoms with E-state index in [4.69, 9.17) is 22.1 Å². The summed E-state index contributed by atoms with van der Waals surface area (Å²) in [6, 6.07) is 17.9. The fourth-order valence-electron chi connectivity index (χ4n) is 4.28. The molecular formula is C29H33N3O2S2. The maximum Gasteiger partial charge on any atom is 0.266 e. The van der Waals surface area contributed by atoms with Gasteiger partial charge in [-0.05, 0) is 61.7 Å². The quantitative estimate of drug-likeness (QED) is 0.196. The Bertz CT molecular complexity index is 1220. The first-order valence-corrected chi connectivity index (χ1v) is 13.9. The molecular weight excluding hydrogens is 486 g/mol. The first-order valence-electron chi connectivity index (χ1n) is 12.7. The van der Waals surface area contributed by atoms with Crippen LogP contribution >= 0.6 is 24.0 Å². The van der Waals surface area contributed by atoms with Crippen molar-refractivity contribution in [3.05, 3.63) is 71.3 Å². The minimum atomic E-state index is -0.00921. The summed E-state index contributed by atoms with van der Waals surface area (Å²) in [5.74, 6) is 1.27. The number of carbonyl (C=O) groups is 1. The van der Waals surface area contributed by atoms with Crippen LogP contribution < -0.4 is 4.74 Å². The number of thiocarbonyl (C=S) groups is 1. The molecule has 2 heterocycles. The van der Waals surface area contributed by atoms with Gasteiger partial charge < -0.3 is 4.74 Å². The van der Waals surface area contributed by atoms with E-state index >= 15 is 0 Å². The maximum absolute atomic E-state index is 13.4. The molecule has 0 spiro atoms. The SMILES string of the molecule is CCCC[C@H](CC)CN1C(=O)/C(=C\c2cn(-c3ccccc3)nc2-c2ccc(OCC)cc2)SC1=S. The van der Waals surface area contributed by atoms with Gasteiger partial charge in [0.15, 0.2) is 0 Å². The second-order valence-corrected chi connectivity index (χ2v) is 10.6. The standard InChI is InChI=1S/C29H33N3O2S2/c1-4-7-11-21(5-2)19-31-28(33)26(36-29(31)35)18-23-20-32(24-12-9-8-10-13-24)30-27(23)22-14-16-25(17-15-22)34-6-3/h8-10,12-18,20-21H,4-7,11,19H2,1-3H3/b26-18+/t21-/m0/s1. The molecule has 188 valence electrons. The van der Waals surface area contributed by atoms with Crippen LogP contribution in [0.25, 0.3) is 23.0 Å². The van der Waals surface area contributed by atoms with Crippen molar-refractivity contribution in [1.29, 1.82) is 0 Å². The third kappa shape index (κ3) is 6.08. The first kappa shape index (κ1) is 26.2. The third-order valence-corrected chi connectivity index (χ3v) is 7.72. The number of carbonyl (C=O) groups excluding carboxylic acids is 1. The van der Waals surface area contributed by atoms with E-state index in [2.05, 4.69) is 13.8 Å². The molecule has 0 saturated carbocycles. The molecule has 1 saturated heterocycles. The van der Waals surface area contributed by atoms with E-state index in [1.807, 2.05) is 78.5 Å². The average Bonchev–Trinajstić information content (AvgIpc) is 3.44. The number of hydrogen-bond donors (Lipinski definition) is 0. The zero-order chi connectivity index (χ0) is 25.5. The molecule has 2 aromatic carbocycles. The van der Waals surface area contributed by atoms with Gasteiger partial charge in [0.25, 0.3) is 5.91 Å². The van der Waals surface area contributed by atoms with Crippen LogP contribution in [0.15, 0.2) is 65.7 Å². The first-order chi connectivity index (χ1) is 17.5. The Morgan fingerprint density at radius 1 is 1.08 bits per heavy atom. The highest BCUT2D eigenvalue weighted by Crippen LogP contribution is 2.36. The van der Waals surface area contributed by atoms with Crippen LogP contribution in [-0.2, 0) is 4.79 Å². The number of nitrogens with zero attached hydrogens (tertiary/aromatic N) is 3. The molecule has 1 aliphatic rings. The van der Waals surface area contributed by atoms with Gasteiger partial charge in [-0.15, -0.1) is 0 Å². The third-order valence-electron chi connectivity index (χ3n) is 6.35. The van der Waals surface area contributed by atoms with E-state index in [-0.39, 0.29) is 5.91 Å². The molecule has 1 aliphatic heterocycles. The van der Waals surface area contributed by atoms with Gasteiger partial charge in [0.2, 0.25) is 0 Å². The zero-order valence-electron chi connectivity index (χ0n) is 21.1. The van der Waals surface area contributed by atoms with E-state index in [0.29, 0.717) is 28.3 Å². The van der Waals surface area contributed by atoms with E-state index in [1.54, 1.807) is 4.90 Å². The lowest BCUT2D eigenvalue weighted by atomic mass is 9.99. The maximum atomic E-state index is 13.4. The lowest BCUT2D eigenvalue weighted by Crippen LogP contribution is -2.33. The van der Waals surface area contributed by atoms with Crippen molar-refractivity contribution in [2.45, 2.75) is 46.5 Å². The molecule has 0 unspecified atom stereocenters. The van der Waals surface area contributed by atoms with Gasteiger partial charge in [-0.1, -0.05) is 75.3 Å². The summed E-state index contributed by atoms with van der Waals surface area (Å²) < 4.78 is 8.10. The van der Waals surface area contributed by atoms with Crippen LogP contribution in [0.3, 0.4) is 0 Å². The van der Waals surface area contributed by atoms with Gasteiger partial charge in [-0.3, -0.25) is 9.69 Å². The number of para-hydroxylation sites is 1. The average molecular weight is 520 g/mol. The van der Waals surface area contributed by atoms with Crippen LogP contribution in [0, 0.1) is 5.92 Å². The molecule has 5 nitrogen and oxygen atoms in total. The highest BCUT2D eigenvalue weighted by Gasteiger charge is 2.33. The van der Waals surface area contributed by atoms with Gasteiger partial charge in [0.05, 0.1) is 22.9 Å². The molecule has 0 aliphatic carbocycles. The highest BCUT2D eigenvalue weighted by atomic mass is 32.2. The molecule has 0 radical (unpaired) electrons. The van der Waals surface area contributed by atoms with Crippen LogP contribution in [0.4, 0.5) is 0 Å². The number of aromatic nitrogens is 2. The molecule has 4 rings (SSSR count). The van der Waals surface area contributed by atoms with Crippen molar-refractivity contribution in [3.63, 3.8) is 0 Å². The number of rotatable bonds is 11. The van der Waals surface area contributed by atoms with Crippen LogP contribution in [0.5, 0.6) is 5.75 Å². The van der Waals surface area contributed by atoms with Gasteiger partial charge >= 0.3 is 0 Å². The molecule has 1 atom stereocenters. The normalized spacial score (nSPS) is 15.6. The van der Waals surface area contributed by atoms with E-state index in [1.165, 1.54) is 18.2 Å². The topological polar surface area (TPSA) is 47.4 Å².